The van der Waals surface area contributed by atoms with Crippen LogP contribution < -0.4 is 16.9 Å². The molecule has 8 N–H and O–H groups in total. The molecule has 0 aliphatic carbocycles. The molecule has 16 heavy (non-hydrogen) atoms. The molecule has 1 rings (SSSR count). The normalized spacial score (nSPS) is 9.56. The van der Waals surface area contributed by atoms with Gasteiger partial charge < -0.3 is 22.1 Å². The third-order valence-electron chi connectivity index (χ3n) is 1.49. The molecule has 0 atom stereocenters. The van der Waals surface area contributed by atoms with Crippen LogP contribution in [0.3, 0.4) is 0 Å². The Morgan fingerprint density at radius 2 is 1.75 bits per heavy atom. The van der Waals surface area contributed by atoms with Gasteiger partial charge in [0.25, 0.3) is 5.95 Å². The van der Waals surface area contributed by atoms with E-state index in [0.717, 1.165) is 6.42 Å². The molecule has 0 amide bonds. The Morgan fingerprint density at radius 1 is 1.12 bits per heavy atom. The van der Waals surface area contributed by atoms with Crippen molar-refractivity contribution >= 4 is 17.8 Å². The Hall–Kier alpha value is -1.71. The summed E-state index contributed by atoms with van der Waals surface area (Å²) in [5.74, 6) is 0.233. The average molecular weight is 232 g/mol. The number of rotatable bonds is 6. The number of unbranched alkanes of at least 4 members (excludes halogenated alkanes) is 1. The summed E-state index contributed by atoms with van der Waals surface area (Å²) in [5, 5.41) is 8.51. The molecule has 1 aromatic rings. The molecule has 9 nitrogen and oxygen atoms in total. The van der Waals surface area contributed by atoms with E-state index in [9.17, 15) is 0 Å². The third kappa shape index (κ3) is 5.24. The second-order valence-corrected chi connectivity index (χ2v) is 2.76. The van der Waals surface area contributed by atoms with E-state index in [1.165, 1.54) is 0 Å². The highest BCUT2D eigenvalue weighted by Gasteiger charge is 2.00. The lowest BCUT2D eigenvalue weighted by Gasteiger charge is -2.05. The minimum absolute atomic E-state index is 0. The maximum Gasteiger partial charge on any atom is 0.253 e. The summed E-state index contributed by atoms with van der Waals surface area (Å²) in [5.41, 5.74) is 13.2. The van der Waals surface area contributed by atoms with Gasteiger partial charge in [0.05, 0.1) is 6.61 Å². The van der Waals surface area contributed by atoms with E-state index < -0.39 is 0 Å². The molecule has 0 radical (unpaired) electrons. The van der Waals surface area contributed by atoms with Gasteiger partial charge in [0, 0.05) is 6.61 Å². The first-order chi connectivity index (χ1) is 7.22. The molecule has 0 aliphatic heterocycles. The highest BCUT2D eigenvalue weighted by molar-refractivity contribution is 5.35. The number of hydrogen-bond donors (Lipinski definition) is 4. The minimum atomic E-state index is 0. The summed E-state index contributed by atoms with van der Waals surface area (Å²) in [7, 11) is 0. The van der Waals surface area contributed by atoms with E-state index in [-0.39, 0.29) is 29.9 Å². The van der Waals surface area contributed by atoms with Gasteiger partial charge in [0.15, 0.2) is 0 Å². The van der Waals surface area contributed by atoms with Crippen molar-refractivity contribution in [2.75, 3.05) is 30.2 Å². The molecule has 1 heterocycles. The molecule has 0 bridgehead atoms. The smallest absolute Gasteiger partial charge is 0.253 e. The molecule has 0 spiro atoms. The van der Waals surface area contributed by atoms with Gasteiger partial charge in [-0.15, -0.1) is 0 Å². The van der Waals surface area contributed by atoms with Crippen molar-refractivity contribution in [1.82, 2.24) is 15.0 Å². The van der Waals surface area contributed by atoms with Gasteiger partial charge in [-0.3, -0.25) is 4.84 Å². The molecular weight excluding hydrogens is 216 g/mol. The molecule has 0 saturated heterocycles. The summed E-state index contributed by atoms with van der Waals surface area (Å²) in [6.45, 7) is 0.584. The zero-order valence-corrected chi connectivity index (χ0v) is 8.68. The molecule has 0 unspecified atom stereocenters. The molecule has 0 saturated carbocycles. The van der Waals surface area contributed by atoms with E-state index in [4.69, 9.17) is 21.4 Å². The van der Waals surface area contributed by atoms with E-state index >= 15 is 0 Å². The van der Waals surface area contributed by atoms with Crippen molar-refractivity contribution in [3.05, 3.63) is 0 Å². The van der Waals surface area contributed by atoms with Crippen LogP contribution >= 0.6 is 0 Å². The zero-order chi connectivity index (χ0) is 11.1. The number of aliphatic hydroxyl groups is 1. The predicted octanol–water partition coefficient (Wildman–Crippen LogP) is -1.67. The Morgan fingerprint density at radius 3 is 2.31 bits per heavy atom. The lowest BCUT2D eigenvalue weighted by Crippen LogP contribution is -2.10. The van der Waals surface area contributed by atoms with Gasteiger partial charge >= 0.3 is 0 Å². The average Bonchev–Trinajstić information content (AvgIpc) is 2.16. The minimum Gasteiger partial charge on any atom is -0.412 e. The highest BCUT2D eigenvalue weighted by atomic mass is 16.6. The second-order valence-electron chi connectivity index (χ2n) is 2.76. The van der Waals surface area contributed by atoms with Gasteiger partial charge in [0.2, 0.25) is 11.9 Å². The number of nitrogen functional groups attached to an aromatic ring is 2. The zero-order valence-electron chi connectivity index (χ0n) is 8.68. The van der Waals surface area contributed by atoms with Crippen molar-refractivity contribution in [3.8, 4) is 0 Å². The highest BCUT2D eigenvalue weighted by Crippen LogP contribution is 2.03. The second kappa shape index (κ2) is 7.56. The Bertz CT molecular complexity index is 290. The Labute approximate surface area is 92.1 Å². The quantitative estimate of drug-likeness (QED) is 0.334. The Kier molecular flexibility index (Phi) is 6.76. The number of aliphatic hydroxyl groups excluding tert-OH is 1. The largest absolute Gasteiger partial charge is 0.412 e. The predicted molar refractivity (Wildman–Crippen MR) is 58.2 cm³/mol. The first kappa shape index (κ1) is 14.3. The fraction of sp³-hybridized carbons (Fsp3) is 0.571. The lowest BCUT2D eigenvalue weighted by molar-refractivity contribution is 0.175. The first-order valence-electron chi connectivity index (χ1n) is 4.48. The number of nitrogens with zero attached hydrogens (tertiary/aromatic N) is 3. The Balaban J connectivity index is 0.00000225. The summed E-state index contributed by atoms with van der Waals surface area (Å²) in [4.78, 5) is 16.1. The standard InChI is InChI=1S/C7H14N6O2.H2O/c8-5-10-6(9)12-7(11-5)13-15-4-2-1-3-14;/h14H,1-4H2,(H5,8,9,10,11,12,13);1H2. The molecule has 0 fully saturated rings. The molecule has 1 aromatic heterocycles. The van der Waals surface area contributed by atoms with Crippen molar-refractivity contribution in [2.24, 2.45) is 0 Å². The van der Waals surface area contributed by atoms with Crippen LogP contribution in [-0.4, -0.2) is 38.7 Å². The number of nitrogens with two attached hydrogens (primary N) is 2. The van der Waals surface area contributed by atoms with Crippen LogP contribution in [0.15, 0.2) is 0 Å². The molecule has 9 heteroatoms. The molecular formula is C7H16N6O3. The number of hydrogen-bond acceptors (Lipinski definition) is 8. The SMILES string of the molecule is Nc1nc(N)nc(NOCCCCO)n1.O. The summed E-state index contributed by atoms with van der Waals surface area (Å²) < 4.78 is 0. The van der Waals surface area contributed by atoms with E-state index in [1.807, 2.05) is 0 Å². The van der Waals surface area contributed by atoms with Crippen LogP contribution in [0, 0.1) is 0 Å². The van der Waals surface area contributed by atoms with Gasteiger partial charge in [-0.2, -0.15) is 15.0 Å². The molecule has 0 aromatic carbocycles. The van der Waals surface area contributed by atoms with Crippen LogP contribution in [0.4, 0.5) is 17.8 Å². The summed E-state index contributed by atoms with van der Waals surface area (Å²) >= 11 is 0. The van der Waals surface area contributed by atoms with Gasteiger partial charge in [-0.1, -0.05) is 0 Å². The van der Waals surface area contributed by atoms with Crippen LogP contribution in [-0.2, 0) is 4.84 Å². The van der Waals surface area contributed by atoms with Gasteiger partial charge in [-0.05, 0) is 12.8 Å². The summed E-state index contributed by atoms with van der Waals surface area (Å²) in [6.07, 6.45) is 1.42. The number of aromatic nitrogens is 3. The number of nitrogens with one attached hydrogen (secondary N) is 1. The lowest BCUT2D eigenvalue weighted by atomic mass is 10.3. The van der Waals surface area contributed by atoms with E-state index in [2.05, 4.69) is 20.4 Å². The fourth-order valence-corrected chi connectivity index (χ4v) is 0.857. The molecule has 0 aliphatic rings. The monoisotopic (exact) mass is 232 g/mol. The first-order valence-corrected chi connectivity index (χ1v) is 4.48. The van der Waals surface area contributed by atoms with Crippen LogP contribution in [0.1, 0.15) is 12.8 Å². The van der Waals surface area contributed by atoms with Crippen LogP contribution in [0.25, 0.3) is 0 Å². The third-order valence-corrected chi connectivity index (χ3v) is 1.49. The van der Waals surface area contributed by atoms with E-state index in [0.29, 0.717) is 13.0 Å². The maximum absolute atomic E-state index is 8.51. The molecule has 92 valence electrons. The fourth-order valence-electron chi connectivity index (χ4n) is 0.857. The topological polar surface area (TPSA) is 164 Å². The van der Waals surface area contributed by atoms with Crippen LogP contribution in [0.2, 0.25) is 0 Å². The summed E-state index contributed by atoms with van der Waals surface area (Å²) in [6, 6.07) is 0. The maximum atomic E-state index is 8.51. The van der Waals surface area contributed by atoms with Crippen molar-refractivity contribution in [1.29, 1.82) is 0 Å². The van der Waals surface area contributed by atoms with Gasteiger partial charge in [0.1, 0.15) is 0 Å². The van der Waals surface area contributed by atoms with Crippen molar-refractivity contribution in [3.63, 3.8) is 0 Å². The van der Waals surface area contributed by atoms with Crippen LogP contribution in [0.5, 0.6) is 0 Å². The number of anilines is 3. The van der Waals surface area contributed by atoms with Crippen molar-refractivity contribution < 1.29 is 15.4 Å². The van der Waals surface area contributed by atoms with Gasteiger partial charge in [-0.25, -0.2) is 5.48 Å². The van der Waals surface area contributed by atoms with Crippen molar-refractivity contribution in [2.45, 2.75) is 12.8 Å². The van der Waals surface area contributed by atoms with E-state index in [1.54, 1.807) is 0 Å².